The molecule has 1 aliphatic rings. The van der Waals surface area contributed by atoms with Crippen LogP contribution in [0.1, 0.15) is 11.5 Å². The summed E-state index contributed by atoms with van der Waals surface area (Å²) in [5.41, 5.74) is 2.89. The number of halogens is 1. The van der Waals surface area contributed by atoms with Crippen molar-refractivity contribution in [3.8, 4) is 6.07 Å². The third-order valence-corrected chi connectivity index (χ3v) is 4.80. The lowest BCUT2D eigenvalue weighted by molar-refractivity contribution is 1.12. The second kappa shape index (κ2) is 5.82. The van der Waals surface area contributed by atoms with E-state index in [9.17, 15) is 5.26 Å². The van der Waals surface area contributed by atoms with Crippen LogP contribution in [0.4, 0.5) is 5.69 Å². The molecule has 0 bridgehead atoms. The molecule has 0 N–H and O–H groups in total. The lowest BCUT2D eigenvalue weighted by atomic mass is 9.96. The quantitative estimate of drug-likeness (QED) is 0.775. The molecule has 0 saturated carbocycles. The van der Waals surface area contributed by atoms with Gasteiger partial charge in [0.05, 0.1) is 17.5 Å². The SMILES string of the molecule is N#CC(C1=Nc2ccccc2SC1)c1ccc(Br)cc1. The molecular formula is C16H11BrN2S. The lowest BCUT2D eigenvalue weighted by Crippen LogP contribution is -2.15. The van der Waals surface area contributed by atoms with Crippen molar-refractivity contribution in [1.29, 1.82) is 5.26 Å². The van der Waals surface area contributed by atoms with Crippen molar-refractivity contribution in [2.45, 2.75) is 10.8 Å². The molecule has 3 rings (SSSR count). The molecule has 1 atom stereocenters. The van der Waals surface area contributed by atoms with Gasteiger partial charge in [-0.25, -0.2) is 0 Å². The van der Waals surface area contributed by atoms with Crippen LogP contribution >= 0.6 is 27.7 Å². The van der Waals surface area contributed by atoms with Crippen LogP contribution in [0.15, 0.2) is 62.9 Å². The van der Waals surface area contributed by atoms with E-state index in [1.54, 1.807) is 11.8 Å². The number of hydrogen-bond acceptors (Lipinski definition) is 3. The number of para-hydroxylation sites is 1. The van der Waals surface area contributed by atoms with Gasteiger partial charge in [-0.2, -0.15) is 5.26 Å². The molecule has 98 valence electrons. The molecule has 2 aromatic carbocycles. The monoisotopic (exact) mass is 342 g/mol. The van der Waals surface area contributed by atoms with E-state index in [-0.39, 0.29) is 5.92 Å². The third kappa shape index (κ3) is 2.65. The first-order valence-electron chi connectivity index (χ1n) is 6.22. The maximum atomic E-state index is 9.50. The van der Waals surface area contributed by atoms with E-state index in [0.717, 1.165) is 27.2 Å². The van der Waals surface area contributed by atoms with Crippen LogP contribution in [-0.2, 0) is 0 Å². The number of benzene rings is 2. The van der Waals surface area contributed by atoms with Gasteiger partial charge in [-0.05, 0) is 29.8 Å². The van der Waals surface area contributed by atoms with Gasteiger partial charge in [0.25, 0.3) is 0 Å². The fourth-order valence-corrected chi connectivity index (χ4v) is 3.39. The zero-order valence-electron chi connectivity index (χ0n) is 10.6. The summed E-state index contributed by atoms with van der Waals surface area (Å²) < 4.78 is 1.02. The molecule has 0 aliphatic carbocycles. The van der Waals surface area contributed by atoms with Crippen LogP contribution in [0.25, 0.3) is 0 Å². The average molecular weight is 343 g/mol. The van der Waals surface area contributed by atoms with E-state index in [4.69, 9.17) is 0 Å². The molecule has 20 heavy (non-hydrogen) atoms. The number of hydrogen-bond donors (Lipinski definition) is 0. The Labute approximate surface area is 130 Å². The van der Waals surface area contributed by atoms with Crippen molar-refractivity contribution in [3.63, 3.8) is 0 Å². The van der Waals surface area contributed by atoms with E-state index >= 15 is 0 Å². The van der Waals surface area contributed by atoms with E-state index in [1.165, 1.54) is 4.90 Å². The smallest absolute Gasteiger partial charge is 0.110 e. The Morgan fingerprint density at radius 1 is 1.15 bits per heavy atom. The Kier molecular flexibility index (Phi) is 3.90. The fourth-order valence-electron chi connectivity index (χ4n) is 2.15. The van der Waals surface area contributed by atoms with Crippen molar-refractivity contribution >= 4 is 39.1 Å². The number of thioether (sulfide) groups is 1. The van der Waals surface area contributed by atoms with Gasteiger partial charge < -0.3 is 0 Å². The number of fused-ring (bicyclic) bond motifs is 1. The van der Waals surface area contributed by atoms with Gasteiger partial charge >= 0.3 is 0 Å². The molecule has 1 unspecified atom stereocenters. The Morgan fingerprint density at radius 3 is 2.65 bits per heavy atom. The minimum absolute atomic E-state index is 0.274. The van der Waals surface area contributed by atoms with Crippen LogP contribution in [0.5, 0.6) is 0 Å². The number of nitriles is 1. The van der Waals surface area contributed by atoms with Crippen LogP contribution in [0.2, 0.25) is 0 Å². The Balaban J connectivity index is 1.97. The number of aliphatic imine (C=N–C) groups is 1. The summed E-state index contributed by atoms with van der Waals surface area (Å²) in [5, 5.41) is 9.50. The minimum Gasteiger partial charge on any atom is -0.254 e. The zero-order chi connectivity index (χ0) is 13.9. The summed E-state index contributed by atoms with van der Waals surface area (Å²) in [6, 6.07) is 18.3. The second-order valence-corrected chi connectivity index (χ2v) is 6.41. The van der Waals surface area contributed by atoms with Gasteiger partial charge in [0.15, 0.2) is 0 Å². The van der Waals surface area contributed by atoms with Crippen molar-refractivity contribution < 1.29 is 0 Å². The van der Waals surface area contributed by atoms with E-state index < -0.39 is 0 Å². The fraction of sp³-hybridized carbons (Fsp3) is 0.125. The topological polar surface area (TPSA) is 36.1 Å². The molecular weight excluding hydrogens is 332 g/mol. The summed E-state index contributed by atoms with van der Waals surface area (Å²) in [7, 11) is 0. The van der Waals surface area contributed by atoms with Crippen LogP contribution in [0.3, 0.4) is 0 Å². The first kappa shape index (κ1) is 13.4. The van der Waals surface area contributed by atoms with Gasteiger partial charge in [0.1, 0.15) is 5.92 Å². The van der Waals surface area contributed by atoms with Gasteiger partial charge in [-0.1, -0.05) is 40.2 Å². The van der Waals surface area contributed by atoms with Crippen LogP contribution < -0.4 is 0 Å². The molecule has 0 amide bonds. The maximum absolute atomic E-state index is 9.50. The molecule has 4 heteroatoms. The number of nitrogens with zero attached hydrogens (tertiary/aromatic N) is 2. The molecule has 2 aromatic rings. The minimum atomic E-state index is -0.274. The molecule has 0 saturated heterocycles. The summed E-state index contributed by atoms with van der Waals surface area (Å²) >= 11 is 5.16. The Bertz CT molecular complexity index is 701. The largest absolute Gasteiger partial charge is 0.254 e. The lowest BCUT2D eigenvalue weighted by Gasteiger charge is -2.18. The van der Waals surface area contributed by atoms with E-state index in [2.05, 4.69) is 33.1 Å². The zero-order valence-corrected chi connectivity index (χ0v) is 13.0. The third-order valence-electron chi connectivity index (χ3n) is 3.17. The molecule has 2 nitrogen and oxygen atoms in total. The predicted molar refractivity (Wildman–Crippen MR) is 86.8 cm³/mol. The Hall–Kier alpha value is -1.57. The van der Waals surface area contributed by atoms with Gasteiger partial charge in [0, 0.05) is 15.1 Å². The molecule has 0 radical (unpaired) electrons. The molecule has 0 spiro atoms. The van der Waals surface area contributed by atoms with Crippen molar-refractivity contribution in [2.75, 3.05) is 5.75 Å². The first-order chi connectivity index (χ1) is 9.78. The average Bonchev–Trinajstić information content (AvgIpc) is 2.50. The highest BCUT2D eigenvalue weighted by Gasteiger charge is 2.22. The van der Waals surface area contributed by atoms with Crippen LogP contribution in [0, 0.1) is 11.3 Å². The van der Waals surface area contributed by atoms with Gasteiger partial charge in [0.2, 0.25) is 0 Å². The predicted octanol–water partition coefficient (Wildman–Crippen LogP) is 4.93. The molecule has 0 aromatic heterocycles. The standard InChI is InChI=1S/C16H11BrN2S/c17-12-7-5-11(6-8-12)13(9-18)15-10-20-16-4-2-1-3-14(16)19-15/h1-8,13H,10H2. The molecule has 0 fully saturated rings. The van der Waals surface area contributed by atoms with Crippen molar-refractivity contribution in [3.05, 3.63) is 58.6 Å². The van der Waals surface area contributed by atoms with Crippen molar-refractivity contribution in [1.82, 2.24) is 0 Å². The maximum Gasteiger partial charge on any atom is 0.110 e. The highest BCUT2D eigenvalue weighted by molar-refractivity contribution is 9.10. The first-order valence-corrected chi connectivity index (χ1v) is 8.00. The number of rotatable bonds is 2. The summed E-state index contributed by atoms with van der Waals surface area (Å²) in [5.74, 6) is 0.495. The second-order valence-electron chi connectivity index (χ2n) is 4.47. The van der Waals surface area contributed by atoms with E-state index in [1.807, 2.05) is 42.5 Å². The van der Waals surface area contributed by atoms with E-state index in [0.29, 0.717) is 0 Å². The summed E-state index contributed by atoms with van der Waals surface area (Å²) in [6.45, 7) is 0. The Morgan fingerprint density at radius 2 is 1.90 bits per heavy atom. The normalized spacial score (nSPS) is 14.9. The van der Waals surface area contributed by atoms with Crippen LogP contribution in [-0.4, -0.2) is 11.5 Å². The summed E-state index contributed by atoms with van der Waals surface area (Å²) in [6.07, 6.45) is 0. The molecule has 1 aliphatic heterocycles. The highest BCUT2D eigenvalue weighted by Crippen LogP contribution is 2.36. The summed E-state index contributed by atoms with van der Waals surface area (Å²) in [4.78, 5) is 5.86. The van der Waals surface area contributed by atoms with Gasteiger partial charge in [-0.3, -0.25) is 4.99 Å². The molecule has 1 heterocycles. The van der Waals surface area contributed by atoms with Gasteiger partial charge in [-0.15, -0.1) is 11.8 Å². The highest BCUT2D eigenvalue weighted by atomic mass is 79.9. The van der Waals surface area contributed by atoms with Crippen molar-refractivity contribution in [2.24, 2.45) is 4.99 Å².